The van der Waals surface area contributed by atoms with Crippen molar-refractivity contribution in [1.82, 2.24) is 0 Å². The van der Waals surface area contributed by atoms with Crippen LogP contribution in [0.5, 0.6) is 17.2 Å². The van der Waals surface area contributed by atoms with Gasteiger partial charge < -0.3 is 18.9 Å². The largest absolute Gasteiger partial charge is 0.476 e. The third-order valence-electron chi connectivity index (χ3n) is 3.71. The summed E-state index contributed by atoms with van der Waals surface area (Å²) in [5, 5.41) is 0.562. The molecule has 0 N–H and O–H groups in total. The molecule has 0 radical (unpaired) electrons. The molecule has 0 fully saturated rings. The molecular formula is C19H17ClO6. The summed E-state index contributed by atoms with van der Waals surface area (Å²) in [5.74, 6) is 0.545. The Morgan fingerprint density at radius 2 is 1.77 bits per heavy atom. The number of benzene rings is 2. The van der Waals surface area contributed by atoms with Gasteiger partial charge in [0.2, 0.25) is 6.79 Å². The van der Waals surface area contributed by atoms with Crippen LogP contribution in [0.15, 0.2) is 42.5 Å². The minimum atomic E-state index is -1.26. The van der Waals surface area contributed by atoms with Crippen LogP contribution in [0.3, 0.4) is 0 Å². The minimum Gasteiger partial charge on any atom is -0.476 e. The third kappa shape index (κ3) is 4.08. The van der Waals surface area contributed by atoms with E-state index in [9.17, 15) is 9.59 Å². The van der Waals surface area contributed by atoms with Gasteiger partial charge in [0.25, 0.3) is 0 Å². The molecule has 0 spiro atoms. The van der Waals surface area contributed by atoms with Crippen LogP contribution in [-0.4, -0.2) is 30.8 Å². The van der Waals surface area contributed by atoms with Crippen molar-refractivity contribution >= 4 is 23.4 Å². The number of carbonyl (C=O) groups excluding carboxylic acids is 2. The fourth-order valence-corrected chi connectivity index (χ4v) is 2.42. The van der Waals surface area contributed by atoms with Crippen LogP contribution in [0.1, 0.15) is 24.2 Å². The van der Waals surface area contributed by atoms with Crippen LogP contribution < -0.4 is 14.2 Å². The van der Waals surface area contributed by atoms with Gasteiger partial charge >= 0.3 is 5.97 Å². The zero-order chi connectivity index (χ0) is 18.7. The van der Waals surface area contributed by atoms with E-state index < -0.39 is 18.2 Å². The molecule has 136 valence electrons. The van der Waals surface area contributed by atoms with Crippen LogP contribution in [0.4, 0.5) is 0 Å². The lowest BCUT2D eigenvalue weighted by molar-refractivity contribution is -0.158. The summed E-state index contributed by atoms with van der Waals surface area (Å²) < 4.78 is 21.2. The smallest absolute Gasteiger partial charge is 0.350 e. The Hall–Kier alpha value is -2.73. The summed E-state index contributed by atoms with van der Waals surface area (Å²) in [6.07, 6.45) is 0. The fourth-order valence-electron chi connectivity index (χ4n) is 2.30. The first-order chi connectivity index (χ1) is 12.3. The summed E-state index contributed by atoms with van der Waals surface area (Å²) in [5.41, 5.74) is -0.887. The number of fused-ring (bicyclic) bond motifs is 1. The number of ketones is 1. The van der Waals surface area contributed by atoms with Crippen molar-refractivity contribution in [2.75, 3.05) is 13.4 Å². The molecule has 0 saturated heterocycles. The van der Waals surface area contributed by atoms with E-state index in [1.165, 1.54) is 0 Å². The van der Waals surface area contributed by atoms with Crippen molar-refractivity contribution in [2.45, 2.75) is 19.4 Å². The summed E-state index contributed by atoms with van der Waals surface area (Å²) in [7, 11) is 0. The van der Waals surface area contributed by atoms with Crippen molar-refractivity contribution in [1.29, 1.82) is 0 Å². The molecule has 0 bridgehead atoms. The SMILES string of the molecule is CC(C)(Oc1ccc(Cl)cc1)C(=O)OCC(=O)c1ccc2c(c1)OCO2. The van der Waals surface area contributed by atoms with E-state index in [0.29, 0.717) is 27.8 Å². The third-order valence-corrected chi connectivity index (χ3v) is 3.96. The molecule has 7 heteroatoms. The standard InChI is InChI=1S/C19H17ClO6/c1-19(2,26-14-6-4-13(20)5-7-14)18(22)23-10-15(21)12-3-8-16-17(9-12)25-11-24-16/h3-9H,10-11H2,1-2H3. The second-order valence-corrected chi connectivity index (χ2v) is 6.57. The van der Waals surface area contributed by atoms with Gasteiger partial charge in [-0.3, -0.25) is 4.79 Å². The van der Waals surface area contributed by atoms with Crippen molar-refractivity contribution in [3.05, 3.63) is 53.1 Å². The predicted molar refractivity (Wildman–Crippen MR) is 94.0 cm³/mol. The van der Waals surface area contributed by atoms with Crippen molar-refractivity contribution < 1.29 is 28.5 Å². The molecule has 1 aliphatic heterocycles. The lowest BCUT2D eigenvalue weighted by atomic mass is 10.1. The van der Waals surface area contributed by atoms with E-state index in [0.717, 1.165) is 0 Å². The topological polar surface area (TPSA) is 71.1 Å². The zero-order valence-corrected chi connectivity index (χ0v) is 15.0. The number of ether oxygens (including phenoxy) is 4. The molecule has 0 atom stereocenters. The Morgan fingerprint density at radius 3 is 2.50 bits per heavy atom. The number of esters is 1. The average molecular weight is 377 g/mol. The number of rotatable bonds is 6. The zero-order valence-electron chi connectivity index (χ0n) is 14.3. The predicted octanol–water partition coefficient (Wildman–Crippen LogP) is 3.65. The first-order valence-corrected chi connectivity index (χ1v) is 8.27. The first-order valence-electron chi connectivity index (χ1n) is 7.90. The Balaban J connectivity index is 1.58. The molecular weight excluding hydrogens is 360 g/mol. The highest BCUT2D eigenvalue weighted by Crippen LogP contribution is 2.32. The number of carbonyl (C=O) groups is 2. The molecule has 2 aromatic rings. The molecule has 0 unspecified atom stereocenters. The molecule has 26 heavy (non-hydrogen) atoms. The number of hydrogen-bond acceptors (Lipinski definition) is 6. The van der Waals surface area contributed by atoms with Gasteiger partial charge in [-0.15, -0.1) is 0 Å². The summed E-state index contributed by atoms with van der Waals surface area (Å²) in [4.78, 5) is 24.5. The Kier molecular flexibility index (Phi) is 5.04. The van der Waals surface area contributed by atoms with Gasteiger partial charge in [0.05, 0.1) is 0 Å². The normalized spacial score (nSPS) is 12.6. The van der Waals surface area contributed by atoms with Gasteiger partial charge in [-0.05, 0) is 56.3 Å². The van der Waals surface area contributed by atoms with Crippen LogP contribution >= 0.6 is 11.6 Å². The summed E-state index contributed by atoms with van der Waals surface area (Å²) in [6, 6.07) is 11.4. The van der Waals surface area contributed by atoms with Crippen LogP contribution in [-0.2, 0) is 9.53 Å². The second kappa shape index (κ2) is 7.25. The lowest BCUT2D eigenvalue weighted by Gasteiger charge is -2.24. The monoisotopic (exact) mass is 376 g/mol. The summed E-state index contributed by atoms with van der Waals surface area (Å²) in [6.45, 7) is 2.86. The molecule has 0 saturated carbocycles. The first kappa shape index (κ1) is 18.1. The van der Waals surface area contributed by atoms with Gasteiger partial charge in [-0.1, -0.05) is 11.6 Å². The highest BCUT2D eigenvalue weighted by Gasteiger charge is 2.32. The Bertz CT molecular complexity index is 828. The van der Waals surface area contributed by atoms with Crippen molar-refractivity contribution in [3.63, 3.8) is 0 Å². The molecule has 1 aliphatic rings. The number of halogens is 1. The highest BCUT2D eigenvalue weighted by molar-refractivity contribution is 6.30. The lowest BCUT2D eigenvalue weighted by Crippen LogP contribution is -2.40. The molecule has 0 aliphatic carbocycles. The maximum absolute atomic E-state index is 12.3. The molecule has 2 aromatic carbocycles. The van der Waals surface area contributed by atoms with Crippen LogP contribution in [0, 0.1) is 0 Å². The Morgan fingerprint density at radius 1 is 1.08 bits per heavy atom. The highest BCUT2D eigenvalue weighted by atomic mass is 35.5. The van der Waals surface area contributed by atoms with E-state index in [1.807, 2.05) is 0 Å². The van der Waals surface area contributed by atoms with Crippen LogP contribution in [0.25, 0.3) is 0 Å². The minimum absolute atomic E-state index is 0.123. The average Bonchev–Trinajstić information content (AvgIpc) is 3.08. The van der Waals surface area contributed by atoms with Crippen LogP contribution in [0.2, 0.25) is 5.02 Å². The van der Waals surface area contributed by atoms with Gasteiger partial charge in [0.1, 0.15) is 5.75 Å². The molecule has 0 amide bonds. The van der Waals surface area contributed by atoms with E-state index >= 15 is 0 Å². The number of Topliss-reactive ketones (excluding diaryl/α,β-unsaturated/α-hetero) is 1. The van der Waals surface area contributed by atoms with Gasteiger partial charge in [-0.25, -0.2) is 4.79 Å². The quantitative estimate of drug-likeness (QED) is 0.566. The van der Waals surface area contributed by atoms with Gasteiger partial charge in [-0.2, -0.15) is 0 Å². The van der Waals surface area contributed by atoms with Gasteiger partial charge in [0, 0.05) is 10.6 Å². The second-order valence-electron chi connectivity index (χ2n) is 6.13. The van der Waals surface area contributed by atoms with Gasteiger partial charge in [0.15, 0.2) is 29.5 Å². The molecule has 3 rings (SSSR count). The van der Waals surface area contributed by atoms with Crippen molar-refractivity contribution in [2.24, 2.45) is 0 Å². The summed E-state index contributed by atoms with van der Waals surface area (Å²) >= 11 is 5.82. The maximum atomic E-state index is 12.3. The molecule has 6 nitrogen and oxygen atoms in total. The molecule has 0 aromatic heterocycles. The Labute approximate surface area is 155 Å². The maximum Gasteiger partial charge on any atom is 0.350 e. The molecule has 1 heterocycles. The van der Waals surface area contributed by atoms with E-state index in [-0.39, 0.29) is 12.6 Å². The van der Waals surface area contributed by atoms with Crippen molar-refractivity contribution in [3.8, 4) is 17.2 Å². The fraction of sp³-hybridized carbons (Fsp3) is 0.263. The van der Waals surface area contributed by atoms with E-state index in [1.54, 1.807) is 56.3 Å². The number of hydrogen-bond donors (Lipinski definition) is 0. The van der Waals surface area contributed by atoms with E-state index in [4.69, 9.17) is 30.5 Å². The van der Waals surface area contributed by atoms with E-state index in [2.05, 4.69) is 0 Å².